The molecule has 1 aromatic rings. The van der Waals surface area contributed by atoms with E-state index < -0.39 is 11.6 Å². The van der Waals surface area contributed by atoms with Gasteiger partial charge in [-0.15, -0.1) is 0 Å². The third kappa shape index (κ3) is 3.83. The zero-order valence-corrected chi connectivity index (χ0v) is 8.76. The van der Waals surface area contributed by atoms with Gasteiger partial charge in [0.2, 0.25) is 0 Å². The highest BCUT2D eigenvalue weighted by Crippen LogP contribution is 2.15. The Morgan fingerprint density at radius 1 is 1.40 bits per heavy atom. The summed E-state index contributed by atoms with van der Waals surface area (Å²) in [4.78, 5) is 0. The lowest BCUT2D eigenvalue weighted by molar-refractivity contribution is 0.558. The van der Waals surface area contributed by atoms with Crippen molar-refractivity contribution in [2.24, 2.45) is 11.7 Å². The number of hydrogen-bond donors (Lipinski definition) is 2. The molecular formula is C11H16F2N2. The van der Waals surface area contributed by atoms with Crippen LogP contribution in [0, 0.1) is 17.6 Å². The monoisotopic (exact) mass is 214 g/mol. The van der Waals surface area contributed by atoms with E-state index in [9.17, 15) is 8.78 Å². The molecule has 0 spiro atoms. The molecule has 4 heteroatoms. The molecule has 1 atom stereocenters. The molecule has 0 bridgehead atoms. The van der Waals surface area contributed by atoms with Crippen molar-refractivity contribution in [3.8, 4) is 0 Å². The first kappa shape index (κ1) is 11.9. The van der Waals surface area contributed by atoms with Crippen LogP contribution in [0.5, 0.6) is 0 Å². The van der Waals surface area contributed by atoms with Gasteiger partial charge in [-0.3, -0.25) is 0 Å². The molecular weight excluding hydrogens is 198 g/mol. The Morgan fingerprint density at radius 2 is 2.13 bits per heavy atom. The first-order chi connectivity index (χ1) is 7.13. The predicted octanol–water partition coefficient (Wildman–Crippen LogP) is 2.36. The molecule has 0 fully saturated rings. The zero-order chi connectivity index (χ0) is 11.3. The Morgan fingerprint density at radius 3 is 2.80 bits per heavy atom. The van der Waals surface area contributed by atoms with E-state index >= 15 is 0 Å². The van der Waals surface area contributed by atoms with Crippen LogP contribution >= 0.6 is 0 Å². The maximum atomic E-state index is 13.1. The minimum Gasteiger partial charge on any atom is -0.383 e. The van der Waals surface area contributed by atoms with Crippen molar-refractivity contribution >= 4 is 5.69 Å². The Hall–Kier alpha value is -1.16. The SMILES string of the molecule is CC(CN)CCNc1cc(F)ccc1F. The van der Waals surface area contributed by atoms with Gasteiger partial charge < -0.3 is 11.1 Å². The largest absolute Gasteiger partial charge is 0.383 e. The smallest absolute Gasteiger partial charge is 0.146 e. The molecule has 0 radical (unpaired) electrons. The minimum atomic E-state index is -0.439. The average Bonchev–Trinajstić information content (AvgIpc) is 2.23. The second-order valence-electron chi connectivity index (χ2n) is 3.68. The zero-order valence-electron chi connectivity index (χ0n) is 8.76. The summed E-state index contributed by atoms with van der Waals surface area (Å²) in [6.45, 7) is 3.22. The summed E-state index contributed by atoms with van der Waals surface area (Å²) < 4.78 is 25.9. The van der Waals surface area contributed by atoms with Crippen molar-refractivity contribution in [2.75, 3.05) is 18.4 Å². The summed E-state index contributed by atoms with van der Waals surface area (Å²) >= 11 is 0. The summed E-state index contributed by atoms with van der Waals surface area (Å²) in [7, 11) is 0. The van der Waals surface area contributed by atoms with Gasteiger partial charge in [0, 0.05) is 6.54 Å². The number of nitrogens with two attached hydrogens (primary N) is 1. The molecule has 0 aliphatic heterocycles. The van der Waals surface area contributed by atoms with Crippen LogP contribution in [-0.4, -0.2) is 13.1 Å². The maximum Gasteiger partial charge on any atom is 0.146 e. The van der Waals surface area contributed by atoms with Gasteiger partial charge in [-0.1, -0.05) is 6.92 Å². The third-order valence-electron chi connectivity index (χ3n) is 2.28. The van der Waals surface area contributed by atoms with Gasteiger partial charge in [0.1, 0.15) is 11.6 Å². The summed E-state index contributed by atoms with van der Waals surface area (Å²) in [5, 5.41) is 2.85. The molecule has 0 aliphatic rings. The molecule has 0 aliphatic carbocycles. The number of benzene rings is 1. The lowest BCUT2D eigenvalue weighted by Crippen LogP contribution is -2.15. The summed E-state index contributed by atoms with van der Waals surface area (Å²) in [6.07, 6.45) is 0.840. The summed E-state index contributed by atoms with van der Waals surface area (Å²) in [5.41, 5.74) is 5.65. The molecule has 2 nitrogen and oxygen atoms in total. The second kappa shape index (κ2) is 5.66. The van der Waals surface area contributed by atoms with E-state index in [0.717, 1.165) is 24.6 Å². The first-order valence-corrected chi connectivity index (χ1v) is 5.02. The first-order valence-electron chi connectivity index (χ1n) is 5.02. The fraction of sp³-hybridized carbons (Fsp3) is 0.455. The number of halogens is 2. The van der Waals surface area contributed by atoms with Crippen LogP contribution in [-0.2, 0) is 0 Å². The molecule has 0 amide bonds. The standard InChI is InChI=1S/C11H16F2N2/c1-8(7-14)4-5-15-11-6-9(12)2-3-10(11)13/h2-3,6,8,15H,4-5,7,14H2,1H3. The quantitative estimate of drug-likeness (QED) is 0.789. The van der Waals surface area contributed by atoms with Crippen molar-refractivity contribution in [3.63, 3.8) is 0 Å². The Balaban J connectivity index is 2.46. The van der Waals surface area contributed by atoms with Crippen molar-refractivity contribution in [3.05, 3.63) is 29.8 Å². The molecule has 84 valence electrons. The second-order valence-corrected chi connectivity index (χ2v) is 3.68. The number of anilines is 1. The molecule has 15 heavy (non-hydrogen) atoms. The van der Waals surface area contributed by atoms with Crippen molar-refractivity contribution in [1.29, 1.82) is 0 Å². The van der Waals surface area contributed by atoms with E-state index in [0.29, 0.717) is 19.0 Å². The Bertz CT molecular complexity index is 315. The van der Waals surface area contributed by atoms with Crippen LogP contribution in [0.1, 0.15) is 13.3 Å². The van der Waals surface area contributed by atoms with E-state index in [1.807, 2.05) is 6.92 Å². The van der Waals surface area contributed by atoms with Crippen LogP contribution in [0.15, 0.2) is 18.2 Å². The number of nitrogens with one attached hydrogen (secondary N) is 1. The van der Waals surface area contributed by atoms with E-state index in [1.54, 1.807) is 0 Å². The van der Waals surface area contributed by atoms with Crippen LogP contribution in [0.25, 0.3) is 0 Å². The van der Waals surface area contributed by atoms with Gasteiger partial charge in [-0.2, -0.15) is 0 Å². The number of hydrogen-bond acceptors (Lipinski definition) is 2. The van der Waals surface area contributed by atoms with Crippen molar-refractivity contribution in [1.82, 2.24) is 0 Å². The minimum absolute atomic E-state index is 0.208. The van der Waals surface area contributed by atoms with Gasteiger partial charge in [-0.25, -0.2) is 8.78 Å². The van der Waals surface area contributed by atoms with Gasteiger partial charge in [0.15, 0.2) is 0 Å². The summed E-state index contributed by atoms with van der Waals surface area (Å²) in [5.74, 6) is -0.489. The highest BCUT2D eigenvalue weighted by atomic mass is 19.1. The van der Waals surface area contributed by atoms with Gasteiger partial charge in [-0.05, 0) is 37.1 Å². The van der Waals surface area contributed by atoms with Gasteiger partial charge in [0.05, 0.1) is 5.69 Å². The Kier molecular flexibility index (Phi) is 4.49. The highest BCUT2D eigenvalue weighted by Gasteiger charge is 2.04. The number of rotatable bonds is 5. The van der Waals surface area contributed by atoms with E-state index in [-0.39, 0.29) is 5.69 Å². The molecule has 0 aromatic heterocycles. The van der Waals surface area contributed by atoms with Crippen LogP contribution in [0.3, 0.4) is 0 Å². The Labute approximate surface area is 88.5 Å². The highest BCUT2D eigenvalue weighted by molar-refractivity contribution is 5.44. The third-order valence-corrected chi connectivity index (χ3v) is 2.28. The molecule has 0 saturated heterocycles. The molecule has 1 rings (SSSR count). The molecule has 0 heterocycles. The van der Waals surface area contributed by atoms with Crippen molar-refractivity contribution < 1.29 is 8.78 Å². The fourth-order valence-corrected chi connectivity index (χ4v) is 1.20. The van der Waals surface area contributed by atoms with Gasteiger partial charge >= 0.3 is 0 Å². The molecule has 3 N–H and O–H groups in total. The molecule has 1 unspecified atom stereocenters. The summed E-state index contributed by atoms with van der Waals surface area (Å²) in [6, 6.07) is 3.37. The van der Waals surface area contributed by atoms with E-state index in [1.165, 1.54) is 0 Å². The van der Waals surface area contributed by atoms with Crippen LogP contribution < -0.4 is 11.1 Å². The fourth-order valence-electron chi connectivity index (χ4n) is 1.20. The average molecular weight is 214 g/mol. The van der Waals surface area contributed by atoms with E-state index in [2.05, 4.69) is 5.32 Å². The maximum absolute atomic E-state index is 13.1. The lowest BCUT2D eigenvalue weighted by Gasteiger charge is -2.10. The van der Waals surface area contributed by atoms with Gasteiger partial charge in [0.25, 0.3) is 0 Å². The lowest BCUT2D eigenvalue weighted by atomic mass is 10.1. The topological polar surface area (TPSA) is 38.0 Å². The normalized spacial score (nSPS) is 12.5. The predicted molar refractivity (Wildman–Crippen MR) is 57.7 cm³/mol. The van der Waals surface area contributed by atoms with Crippen LogP contribution in [0.4, 0.5) is 14.5 Å². The molecule has 1 aromatic carbocycles. The van der Waals surface area contributed by atoms with E-state index in [4.69, 9.17) is 5.73 Å². The van der Waals surface area contributed by atoms with Crippen LogP contribution in [0.2, 0.25) is 0 Å². The molecule has 0 saturated carbocycles. The van der Waals surface area contributed by atoms with Crippen molar-refractivity contribution in [2.45, 2.75) is 13.3 Å².